The molecule has 3 nitrogen and oxygen atoms in total. The van der Waals surface area contributed by atoms with Gasteiger partial charge in [0.25, 0.3) is 0 Å². The molecule has 3 heteroatoms. The molecule has 0 radical (unpaired) electrons. The predicted octanol–water partition coefficient (Wildman–Crippen LogP) is 2.56. The third-order valence-corrected chi connectivity index (χ3v) is 2.85. The summed E-state index contributed by atoms with van der Waals surface area (Å²) in [6, 6.07) is 5.96. The van der Waals surface area contributed by atoms with Gasteiger partial charge in [0.1, 0.15) is 17.6 Å². The molecule has 16 heavy (non-hydrogen) atoms. The Morgan fingerprint density at radius 1 is 1.25 bits per heavy atom. The highest BCUT2D eigenvalue weighted by molar-refractivity contribution is 5.39. The molecule has 0 aliphatic carbocycles. The van der Waals surface area contributed by atoms with Crippen LogP contribution >= 0.6 is 0 Å². The van der Waals surface area contributed by atoms with E-state index in [0.29, 0.717) is 0 Å². The van der Waals surface area contributed by atoms with Gasteiger partial charge in [-0.05, 0) is 18.6 Å². The first-order chi connectivity index (χ1) is 7.79. The fourth-order valence-corrected chi connectivity index (χ4v) is 1.86. The maximum atomic E-state index is 5.89. The maximum absolute atomic E-state index is 5.89. The molecule has 0 aromatic heterocycles. The molecule has 1 aromatic carbocycles. The highest BCUT2D eigenvalue weighted by Gasteiger charge is 2.15. The van der Waals surface area contributed by atoms with Gasteiger partial charge in [0, 0.05) is 18.9 Å². The van der Waals surface area contributed by atoms with E-state index in [9.17, 15) is 0 Å². The molecule has 2 rings (SSSR count). The molecule has 0 N–H and O–H groups in total. The Kier molecular flexibility index (Phi) is 3.67. The van der Waals surface area contributed by atoms with Gasteiger partial charge in [-0.2, -0.15) is 0 Å². The Hall–Kier alpha value is -1.22. The van der Waals surface area contributed by atoms with Crippen LogP contribution in [0.25, 0.3) is 0 Å². The van der Waals surface area contributed by atoms with Gasteiger partial charge in [0.2, 0.25) is 0 Å². The summed E-state index contributed by atoms with van der Waals surface area (Å²) in [5.74, 6) is 1.76. The van der Waals surface area contributed by atoms with Crippen LogP contribution in [0.5, 0.6) is 11.5 Å². The molecule has 1 aliphatic heterocycles. The standard InChI is InChI=1S/C13H18O3/c1-10-3-4-12(9-13(10)14-2)16-11-5-7-15-8-6-11/h3-4,9,11H,5-8H2,1-2H3. The summed E-state index contributed by atoms with van der Waals surface area (Å²) in [5, 5.41) is 0. The molecule has 1 saturated heterocycles. The molecule has 1 aromatic rings. The van der Waals surface area contributed by atoms with Gasteiger partial charge in [-0.1, -0.05) is 6.07 Å². The maximum Gasteiger partial charge on any atom is 0.125 e. The van der Waals surface area contributed by atoms with Crippen LogP contribution in [0.2, 0.25) is 0 Å². The van der Waals surface area contributed by atoms with Crippen molar-refractivity contribution in [1.82, 2.24) is 0 Å². The van der Waals surface area contributed by atoms with Crippen LogP contribution in [0, 0.1) is 6.92 Å². The Bertz CT molecular complexity index is 343. The van der Waals surface area contributed by atoms with Gasteiger partial charge in [-0.3, -0.25) is 0 Å². The second-order valence-electron chi connectivity index (χ2n) is 4.06. The van der Waals surface area contributed by atoms with Gasteiger partial charge >= 0.3 is 0 Å². The SMILES string of the molecule is COc1cc(OC2CCOCC2)ccc1C. The van der Waals surface area contributed by atoms with Crippen LogP contribution in [-0.4, -0.2) is 26.4 Å². The summed E-state index contributed by atoms with van der Waals surface area (Å²) in [6.07, 6.45) is 2.22. The van der Waals surface area contributed by atoms with Gasteiger partial charge < -0.3 is 14.2 Å². The first-order valence-electron chi connectivity index (χ1n) is 5.68. The van der Waals surface area contributed by atoms with E-state index in [0.717, 1.165) is 43.1 Å². The summed E-state index contributed by atoms with van der Waals surface area (Å²) >= 11 is 0. The normalized spacial score (nSPS) is 17.1. The first kappa shape index (κ1) is 11.3. The zero-order valence-corrected chi connectivity index (χ0v) is 9.86. The molecule has 1 aliphatic rings. The van der Waals surface area contributed by atoms with Gasteiger partial charge in [0.05, 0.1) is 20.3 Å². The molecule has 88 valence electrons. The lowest BCUT2D eigenvalue weighted by Crippen LogP contribution is -2.25. The lowest BCUT2D eigenvalue weighted by molar-refractivity contribution is 0.0255. The zero-order valence-electron chi connectivity index (χ0n) is 9.86. The van der Waals surface area contributed by atoms with Crippen LogP contribution < -0.4 is 9.47 Å². The van der Waals surface area contributed by atoms with Crippen molar-refractivity contribution in [3.8, 4) is 11.5 Å². The number of rotatable bonds is 3. The molecule has 1 fully saturated rings. The minimum Gasteiger partial charge on any atom is -0.496 e. The van der Waals surface area contributed by atoms with Crippen LogP contribution in [0.15, 0.2) is 18.2 Å². The van der Waals surface area contributed by atoms with E-state index in [4.69, 9.17) is 14.2 Å². The van der Waals surface area contributed by atoms with Crippen LogP contribution in [-0.2, 0) is 4.74 Å². The van der Waals surface area contributed by atoms with E-state index in [-0.39, 0.29) is 6.10 Å². The molecular weight excluding hydrogens is 204 g/mol. The summed E-state index contributed by atoms with van der Waals surface area (Å²) in [6.45, 7) is 3.62. The van der Waals surface area contributed by atoms with Crippen molar-refractivity contribution in [2.75, 3.05) is 20.3 Å². The van der Waals surface area contributed by atoms with Crippen molar-refractivity contribution < 1.29 is 14.2 Å². The molecule has 0 bridgehead atoms. The van der Waals surface area contributed by atoms with E-state index in [2.05, 4.69) is 0 Å². The lowest BCUT2D eigenvalue weighted by atomic mass is 10.1. The quantitative estimate of drug-likeness (QED) is 0.786. The Morgan fingerprint density at radius 3 is 2.69 bits per heavy atom. The van der Waals surface area contributed by atoms with Crippen LogP contribution in [0.4, 0.5) is 0 Å². The monoisotopic (exact) mass is 222 g/mol. The van der Waals surface area contributed by atoms with Crippen molar-refractivity contribution in [1.29, 1.82) is 0 Å². The van der Waals surface area contributed by atoms with Crippen molar-refractivity contribution in [2.24, 2.45) is 0 Å². The van der Waals surface area contributed by atoms with E-state index < -0.39 is 0 Å². The summed E-state index contributed by atoms with van der Waals surface area (Å²) in [5.41, 5.74) is 1.13. The predicted molar refractivity (Wildman–Crippen MR) is 62.2 cm³/mol. The van der Waals surface area contributed by atoms with E-state index >= 15 is 0 Å². The highest BCUT2D eigenvalue weighted by atomic mass is 16.5. The second kappa shape index (κ2) is 5.21. The number of benzene rings is 1. The van der Waals surface area contributed by atoms with E-state index in [1.165, 1.54) is 0 Å². The average Bonchev–Trinajstić information content (AvgIpc) is 2.33. The van der Waals surface area contributed by atoms with E-state index in [1.807, 2.05) is 25.1 Å². The van der Waals surface area contributed by atoms with Crippen LogP contribution in [0.1, 0.15) is 18.4 Å². The molecule has 0 saturated carbocycles. The molecule has 0 atom stereocenters. The lowest BCUT2D eigenvalue weighted by Gasteiger charge is -2.23. The van der Waals surface area contributed by atoms with Crippen molar-refractivity contribution >= 4 is 0 Å². The van der Waals surface area contributed by atoms with Crippen LogP contribution in [0.3, 0.4) is 0 Å². The molecule has 0 amide bonds. The fraction of sp³-hybridized carbons (Fsp3) is 0.538. The molecule has 0 unspecified atom stereocenters. The molecular formula is C13H18O3. The Morgan fingerprint density at radius 2 is 2.00 bits per heavy atom. The minimum atomic E-state index is 0.279. The van der Waals surface area contributed by atoms with E-state index in [1.54, 1.807) is 7.11 Å². The Labute approximate surface area is 96.3 Å². The number of hydrogen-bond acceptors (Lipinski definition) is 3. The number of ether oxygens (including phenoxy) is 3. The van der Waals surface area contributed by atoms with Gasteiger partial charge in [-0.15, -0.1) is 0 Å². The molecule has 1 heterocycles. The summed E-state index contributed by atoms with van der Waals surface area (Å²) in [7, 11) is 1.68. The van der Waals surface area contributed by atoms with Gasteiger partial charge in [-0.25, -0.2) is 0 Å². The van der Waals surface area contributed by atoms with Gasteiger partial charge in [0.15, 0.2) is 0 Å². The molecule has 0 spiro atoms. The number of aryl methyl sites for hydroxylation is 1. The second-order valence-corrected chi connectivity index (χ2v) is 4.06. The third kappa shape index (κ3) is 2.67. The Balaban J connectivity index is 2.03. The number of methoxy groups -OCH3 is 1. The largest absolute Gasteiger partial charge is 0.496 e. The average molecular weight is 222 g/mol. The number of hydrogen-bond donors (Lipinski definition) is 0. The first-order valence-corrected chi connectivity index (χ1v) is 5.68. The zero-order chi connectivity index (χ0) is 11.4. The van der Waals surface area contributed by atoms with Crippen molar-refractivity contribution in [2.45, 2.75) is 25.9 Å². The third-order valence-electron chi connectivity index (χ3n) is 2.85. The fourth-order valence-electron chi connectivity index (χ4n) is 1.86. The highest BCUT2D eigenvalue weighted by Crippen LogP contribution is 2.25. The minimum absolute atomic E-state index is 0.279. The summed E-state index contributed by atoms with van der Waals surface area (Å²) in [4.78, 5) is 0. The smallest absolute Gasteiger partial charge is 0.125 e. The topological polar surface area (TPSA) is 27.7 Å². The van der Waals surface area contributed by atoms with Crippen molar-refractivity contribution in [3.63, 3.8) is 0 Å². The van der Waals surface area contributed by atoms with Crippen molar-refractivity contribution in [3.05, 3.63) is 23.8 Å². The summed E-state index contributed by atoms with van der Waals surface area (Å²) < 4.78 is 16.5.